The Morgan fingerprint density at radius 3 is 2.51 bits per heavy atom. The molecular weight excluding hydrogens is 490 g/mol. The summed E-state index contributed by atoms with van der Waals surface area (Å²) in [6, 6.07) is 14.1. The zero-order chi connectivity index (χ0) is 27.2. The lowest BCUT2D eigenvalue weighted by Gasteiger charge is -2.41. The molecule has 2 aromatic carbocycles. The molecule has 0 saturated carbocycles. The zero-order valence-corrected chi connectivity index (χ0v) is 23.5. The van der Waals surface area contributed by atoms with Gasteiger partial charge in [0.1, 0.15) is 18.1 Å². The molecule has 39 heavy (non-hydrogen) atoms. The van der Waals surface area contributed by atoms with Crippen molar-refractivity contribution in [2.45, 2.75) is 70.8 Å². The summed E-state index contributed by atoms with van der Waals surface area (Å²) in [7, 11) is 1.62. The van der Waals surface area contributed by atoms with Gasteiger partial charge in [0.05, 0.1) is 24.1 Å². The number of benzene rings is 2. The highest BCUT2D eigenvalue weighted by molar-refractivity contribution is 5.98. The van der Waals surface area contributed by atoms with Crippen molar-refractivity contribution in [2.24, 2.45) is 5.41 Å². The summed E-state index contributed by atoms with van der Waals surface area (Å²) in [5, 5.41) is 3.23. The first-order chi connectivity index (χ1) is 19.0. The van der Waals surface area contributed by atoms with Crippen LogP contribution in [0, 0.1) is 5.41 Å². The van der Waals surface area contributed by atoms with E-state index in [1.54, 1.807) is 7.11 Å². The number of carbonyl (C=O) groups is 2. The van der Waals surface area contributed by atoms with Crippen molar-refractivity contribution in [3.05, 3.63) is 53.6 Å². The predicted octanol–water partition coefficient (Wildman–Crippen LogP) is 5.22. The van der Waals surface area contributed by atoms with E-state index in [2.05, 4.69) is 28.4 Å². The van der Waals surface area contributed by atoms with Gasteiger partial charge in [0, 0.05) is 31.9 Å². The van der Waals surface area contributed by atoms with Crippen LogP contribution in [-0.2, 0) is 11.2 Å². The molecule has 2 fully saturated rings. The first-order valence-electron chi connectivity index (χ1n) is 14.7. The van der Waals surface area contributed by atoms with Gasteiger partial charge in [-0.1, -0.05) is 24.6 Å². The minimum absolute atomic E-state index is 0.00695. The molecule has 0 bridgehead atoms. The van der Waals surface area contributed by atoms with Gasteiger partial charge in [0.15, 0.2) is 0 Å². The van der Waals surface area contributed by atoms with Crippen LogP contribution in [0.1, 0.15) is 74.2 Å². The molecule has 1 atom stereocenters. The second-order valence-corrected chi connectivity index (χ2v) is 11.5. The average Bonchev–Trinajstić information content (AvgIpc) is 2.98. The lowest BCUT2D eigenvalue weighted by molar-refractivity contribution is -0.135. The number of anilines is 1. The largest absolute Gasteiger partial charge is 0.496 e. The molecule has 1 spiro atoms. The number of para-hydroxylation sites is 1. The van der Waals surface area contributed by atoms with Gasteiger partial charge in [-0.2, -0.15) is 0 Å². The molecule has 2 saturated heterocycles. The molecule has 3 aliphatic rings. The van der Waals surface area contributed by atoms with Crippen molar-refractivity contribution in [1.82, 2.24) is 10.2 Å². The highest BCUT2D eigenvalue weighted by Gasteiger charge is 2.42. The van der Waals surface area contributed by atoms with Gasteiger partial charge in [0.2, 0.25) is 5.91 Å². The fourth-order valence-corrected chi connectivity index (χ4v) is 6.37. The van der Waals surface area contributed by atoms with Gasteiger partial charge in [-0.15, -0.1) is 0 Å². The molecule has 7 heteroatoms. The summed E-state index contributed by atoms with van der Waals surface area (Å²) in [5.74, 6) is 1.62. The van der Waals surface area contributed by atoms with Gasteiger partial charge >= 0.3 is 0 Å². The van der Waals surface area contributed by atoms with E-state index in [0.29, 0.717) is 43.9 Å². The SMILES string of the molecule is COc1ccc(N2CCCCC2)cc1C(=O)N1CCC2(CCCCc3ccccc3OC[C@@H](C)NC2=O)CC1. The number of carbonyl (C=O) groups excluding carboxylic acids is 2. The van der Waals surface area contributed by atoms with Crippen LogP contribution in [0.3, 0.4) is 0 Å². The summed E-state index contributed by atoms with van der Waals surface area (Å²) < 4.78 is 11.7. The second kappa shape index (κ2) is 12.3. The number of rotatable bonds is 3. The molecule has 5 rings (SSSR count). The van der Waals surface area contributed by atoms with Gasteiger partial charge in [-0.05, 0) is 88.1 Å². The molecular formula is C32H43N3O4. The molecule has 3 heterocycles. The monoisotopic (exact) mass is 533 g/mol. The number of aryl methyl sites for hydroxylation is 1. The minimum Gasteiger partial charge on any atom is -0.496 e. The fraction of sp³-hybridized carbons (Fsp3) is 0.562. The third-order valence-corrected chi connectivity index (χ3v) is 8.81. The zero-order valence-electron chi connectivity index (χ0n) is 23.5. The number of hydrogen-bond donors (Lipinski definition) is 1. The first kappa shape index (κ1) is 27.4. The number of fused-ring (bicyclic) bond motifs is 1. The van der Waals surface area contributed by atoms with Crippen LogP contribution >= 0.6 is 0 Å². The third-order valence-electron chi connectivity index (χ3n) is 8.81. The van der Waals surface area contributed by atoms with Crippen molar-refractivity contribution < 1.29 is 19.1 Å². The average molecular weight is 534 g/mol. The van der Waals surface area contributed by atoms with E-state index in [1.165, 1.54) is 24.8 Å². The maximum atomic E-state index is 13.8. The van der Waals surface area contributed by atoms with E-state index in [9.17, 15) is 9.59 Å². The molecule has 0 aromatic heterocycles. The van der Waals surface area contributed by atoms with E-state index in [1.807, 2.05) is 36.1 Å². The van der Waals surface area contributed by atoms with E-state index < -0.39 is 5.41 Å². The molecule has 3 aliphatic heterocycles. The van der Waals surface area contributed by atoms with Gasteiger partial charge in [-0.25, -0.2) is 0 Å². The maximum Gasteiger partial charge on any atom is 0.257 e. The molecule has 2 amide bonds. The topological polar surface area (TPSA) is 71.1 Å². The van der Waals surface area contributed by atoms with Crippen molar-refractivity contribution >= 4 is 17.5 Å². The van der Waals surface area contributed by atoms with Gasteiger partial charge < -0.3 is 24.6 Å². The van der Waals surface area contributed by atoms with Crippen molar-refractivity contribution in [3.63, 3.8) is 0 Å². The maximum absolute atomic E-state index is 13.8. The normalized spacial score (nSPS) is 22.1. The Morgan fingerprint density at radius 2 is 1.74 bits per heavy atom. The van der Waals surface area contributed by atoms with Crippen LogP contribution < -0.4 is 19.7 Å². The number of ether oxygens (including phenoxy) is 2. The highest BCUT2D eigenvalue weighted by atomic mass is 16.5. The van der Waals surface area contributed by atoms with Crippen LogP contribution in [0.5, 0.6) is 11.5 Å². The Balaban J connectivity index is 1.28. The van der Waals surface area contributed by atoms with Crippen LogP contribution in [0.25, 0.3) is 0 Å². The van der Waals surface area contributed by atoms with Gasteiger partial charge in [0.25, 0.3) is 5.91 Å². The molecule has 0 radical (unpaired) electrons. The lowest BCUT2D eigenvalue weighted by Crippen LogP contribution is -2.52. The Kier molecular flexibility index (Phi) is 8.63. The summed E-state index contributed by atoms with van der Waals surface area (Å²) in [6.07, 6.45) is 8.73. The number of likely N-dealkylation sites (tertiary alicyclic amines) is 1. The van der Waals surface area contributed by atoms with Crippen molar-refractivity contribution in [2.75, 3.05) is 44.8 Å². The van der Waals surface area contributed by atoms with Gasteiger partial charge in [-0.3, -0.25) is 9.59 Å². The summed E-state index contributed by atoms with van der Waals surface area (Å²) in [6.45, 7) is 5.62. The van der Waals surface area contributed by atoms with E-state index in [4.69, 9.17) is 9.47 Å². The number of nitrogens with one attached hydrogen (secondary N) is 1. The Morgan fingerprint density at radius 1 is 0.974 bits per heavy atom. The summed E-state index contributed by atoms with van der Waals surface area (Å²) >= 11 is 0. The number of piperidine rings is 2. The van der Waals surface area contributed by atoms with Crippen molar-refractivity contribution in [3.8, 4) is 11.5 Å². The molecule has 0 aliphatic carbocycles. The standard InChI is InChI=1S/C32H43N3O4/c1-24-23-39-28-12-5-4-10-25(28)11-6-7-15-32(31(37)33-24)16-20-35(21-17-32)30(36)27-22-26(13-14-29(27)38-2)34-18-8-3-9-19-34/h4-5,10,12-14,22,24H,3,6-9,11,15-21,23H2,1-2H3,(H,33,37)/t24-/m1/s1. The Labute approximate surface area is 232 Å². The number of nitrogens with zero attached hydrogens (tertiary/aromatic N) is 2. The molecule has 0 unspecified atom stereocenters. The van der Waals surface area contributed by atoms with E-state index >= 15 is 0 Å². The van der Waals surface area contributed by atoms with Crippen LogP contribution in [0.2, 0.25) is 0 Å². The summed E-state index contributed by atoms with van der Waals surface area (Å²) in [4.78, 5) is 31.7. The quantitative estimate of drug-likeness (QED) is 0.586. The summed E-state index contributed by atoms with van der Waals surface area (Å²) in [5.41, 5.74) is 2.48. The predicted molar refractivity (Wildman–Crippen MR) is 154 cm³/mol. The highest BCUT2D eigenvalue weighted by Crippen LogP contribution is 2.39. The van der Waals surface area contributed by atoms with Crippen LogP contribution in [0.15, 0.2) is 42.5 Å². The second-order valence-electron chi connectivity index (χ2n) is 11.5. The third kappa shape index (κ3) is 6.18. The molecule has 2 aromatic rings. The Bertz CT molecular complexity index is 1150. The molecule has 1 N–H and O–H groups in total. The van der Waals surface area contributed by atoms with E-state index in [-0.39, 0.29) is 17.9 Å². The van der Waals surface area contributed by atoms with Crippen LogP contribution in [-0.4, -0.2) is 62.7 Å². The van der Waals surface area contributed by atoms with Crippen molar-refractivity contribution in [1.29, 1.82) is 0 Å². The van der Waals surface area contributed by atoms with E-state index in [0.717, 1.165) is 50.2 Å². The molecule has 7 nitrogen and oxygen atoms in total. The first-order valence-corrected chi connectivity index (χ1v) is 14.7. The lowest BCUT2D eigenvalue weighted by atomic mass is 9.73. The number of methoxy groups -OCH3 is 1. The number of amides is 2. The minimum atomic E-state index is -0.455. The number of hydrogen-bond acceptors (Lipinski definition) is 5. The fourth-order valence-electron chi connectivity index (χ4n) is 6.37. The van der Waals surface area contributed by atoms with Crippen LogP contribution in [0.4, 0.5) is 5.69 Å². The smallest absolute Gasteiger partial charge is 0.257 e. The molecule has 210 valence electrons. The Hall–Kier alpha value is -3.22.